The minimum atomic E-state index is -4.23. The zero-order valence-electron chi connectivity index (χ0n) is 15.7. The van der Waals surface area contributed by atoms with Gasteiger partial charge >= 0.3 is 161 Å². The van der Waals surface area contributed by atoms with E-state index in [9.17, 15) is 24.6 Å². The van der Waals surface area contributed by atoms with Crippen molar-refractivity contribution in [2.24, 2.45) is 5.41 Å². The first kappa shape index (κ1) is 22.0. The molecule has 1 atom stereocenters. The number of benzene rings is 1. The number of nitrogens with zero attached hydrogens (tertiary/aromatic N) is 1. The van der Waals surface area contributed by atoms with E-state index in [1.165, 1.54) is 31.4 Å². The van der Waals surface area contributed by atoms with Crippen LogP contribution in [0, 0.1) is 15.5 Å². The number of non-ortho nitro benzene ring substituents is 1. The van der Waals surface area contributed by atoms with Gasteiger partial charge in [0.15, 0.2) is 0 Å². The van der Waals surface area contributed by atoms with Gasteiger partial charge in [-0.2, -0.15) is 0 Å². The van der Waals surface area contributed by atoms with Crippen molar-refractivity contribution >= 4 is 25.7 Å². The van der Waals surface area contributed by atoms with Crippen molar-refractivity contribution in [1.82, 2.24) is 5.32 Å². The number of rotatable bonds is 7. The Labute approximate surface area is 161 Å². The van der Waals surface area contributed by atoms with Gasteiger partial charge < -0.3 is 0 Å². The maximum absolute atomic E-state index is 12.5. The molecule has 1 aliphatic rings. The van der Waals surface area contributed by atoms with E-state index in [2.05, 4.69) is 10.1 Å². The van der Waals surface area contributed by atoms with Gasteiger partial charge in [-0.05, 0) is 0 Å². The number of nitro groups is 1. The number of methoxy groups -OCH3 is 1. The average Bonchev–Trinajstić information content (AvgIpc) is 2.64. The number of amides is 1. The van der Waals surface area contributed by atoms with Crippen LogP contribution >= 0.6 is 8.17 Å². The second-order valence-corrected chi connectivity index (χ2v) is 8.55. The van der Waals surface area contributed by atoms with Crippen LogP contribution in [0.4, 0.5) is 5.69 Å². The van der Waals surface area contributed by atoms with Gasteiger partial charge in [-0.15, -0.1) is 0 Å². The van der Waals surface area contributed by atoms with E-state index in [4.69, 9.17) is 13.6 Å². The van der Waals surface area contributed by atoms with Crippen LogP contribution in [-0.2, 0) is 23.4 Å². The molecule has 0 bridgehead atoms. The number of hydrogen-bond acceptors (Lipinski definition) is 9. The third-order valence-corrected chi connectivity index (χ3v) is 5.53. The first-order valence-corrected chi connectivity index (χ1v) is 10.1. The third kappa shape index (κ3) is 5.59. The number of hydrogen-bond donors (Lipinski definition) is 2. The second kappa shape index (κ2) is 8.78. The molecular weight excluding hydrogens is 395 g/mol. The van der Waals surface area contributed by atoms with Crippen molar-refractivity contribution in [1.29, 1.82) is 0 Å². The molecule has 1 saturated heterocycles. The van der Waals surface area contributed by atoms with Gasteiger partial charge in [-0.3, -0.25) is 0 Å². The van der Waals surface area contributed by atoms with E-state index in [0.717, 1.165) is 0 Å². The molecular formula is C16H23N2O9P. The Morgan fingerprint density at radius 2 is 2.04 bits per heavy atom. The molecule has 2 rings (SSSR count). The van der Waals surface area contributed by atoms with Crippen molar-refractivity contribution in [3.8, 4) is 5.75 Å². The number of esters is 1. The van der Waals surface area contributed by atoms with Crippen molar-refractivity contribution in [3.63, 3.8) is 0 Å². The molecule has 28 heavy (non-hydrogen) atoms. The molecule has 1 amide bonds. The van der Waals surface area contributed by atoms with Crippen molar-refractivity contribution in [3.05, 3.63) is 34.4 Å². The molecule has 1 aliphatic heterocycles. The van der Waals surface area contributed by atoms with Gasteiger partial charge in [-0.1, -0.05) is 0 Å². The van der Waals surface area contributed by atoms with Gasteiger partial charge in [0.1, 0.15) is 0 Å². The van der Waals surface area contributed by atoms with E-state index in [-0.39, 0.29) is 31.0 Å². The van der Waals surface area contributed by atoms with Crippen LogP contribution in [0.25, 0.3) is 0 Å². The number of ether oxygens (including phenoxy) is 1. The van der Waals surface area contributed by atoms with Gasteiger partial charge in [0.05, 0.1) is 0 Å². The molecule has 0 saturated carbocycles. The van der Waals surface area contributed by atoms with Crippen LogP contribution in [0.15, 0.2) is 24.3 Å². The summed E-state index contributed by atoms with van der Waals surface area (Å²) in [6.45, 7) is 3.47. The molecule has 1 aromatic carbocycles. The fourth-order valence-electron chi connectivity index (χ4n) is 2.42. The molecule has 0 radical (unpaired) electrons. The Balaban J connectivity index is 2.05. The standard InChI is InChI=1S/C16H23N2O9P/c1-16(2)10-25-28(23,26-12-6-4-11(5-7-12)18(21)22)27-14(16)15(20)17-9-8-13(19)24-3/h4-7,14,23,28H,8-10H2,1-3H3,(H,17,20). The average molecular weight is 418 g/mol. The zero-order chi connectivity index (χ0) is 20.9. The number of nitro benzene ring substituents is 1. The fraction of sp³-hybridized carbons (Fsp3) is 0.500. The molecule has 12 heteroatoms. The first-order chi connectivity index (χ1) is 13.1. The Morgan fingerprint density at radius 1 is 1.39 bits per heavy atom. The number of carbonyl (C=O) groups excluding carboxylic acids is 2. The Hall–Kier alpha value is -2.33. The molecule has 1 heterocycles. The van der Waals surface area contributed by atoms with E-state index in [1.807, 2.05) is 0 Å². The Morgan fingerprint density at radius 3 is 2.61 bits per heavy atom. The van der Waals surface area contributed by atoms with Crippen molar-refractivity contribution in [2.75, 3.05) is 20.3 Å². The van der Waals surface area contributed by atoms with Crippen LogP contribution in [0.2, 0.25) is 0 Å². The summed E-state index contributed by atoms with van der Waals surface area (Å²) in [4.78, 5) is 44.4. The van der Waals surface area contributed by atoms with Gasteiger partial charge in [0.2, 0.25) is 0 Å². The summed E-state index contributed by atoms with van der Waals surface area (Å²) in [5.74, 6) is -0.903. The zero-order valence-corrected chi connectivity index (χ0v) is 16.7. The maximum atomic E-state index is 12.5. The van der Waals surface area contributed by atoms with Crippen LogP contribution < -0.4 is 9.84 Å². The Kier molecular flexibility index (Phi) is 6.89. The number of nitrogens with one attached hydrogen (secondary N) is 1. The molecule has 156 valence electrons. The predicted molar refractivity (Wildman–Crippen MR) is 98.5 cm³/mol. The van der Waals surface area contributed by atoms with Gasteiger partial charge in [0.25, 0.3) is 0 Å². The molecule has 2 N–H and O–H groups in total. The summed E-state index contributed by atoms with van der Waals surface area (Å²) in [6, 6.07) is 5.00. The predicted octanol–water partition coefficient (Wildman–Crippen LogP) is 1.50. The Bertz CT molecular complexity index is 740. The summed E-state index contributed by atoms with van der Waals surface area (Å²) >= 11 is 0. The van der Waals surface area contributed by atoms with Crippen molar-refractivity contribution in [2.45, 2.75) is 26.4 Å². The summed E-state index contributed by atoms with van der Waals surface area (Å²) in [5.41, 5.74) is -0.913. The van der Waals surface area contributed by atoms with Gasteiger partial charge in [0, 0.05) is 0 Å². The molecule has 0 spiro atoms. The van der Waals surface area contributed by atoms with Crippen LogP contribution in [0.1, 0.15) is 20.3 Å². The molecule has 0 aliphatic carbocycles. The second-order valence-electron chi connectivity index (χ2n) is 6.77. The number of carbonyl (C=O) groups is 2. The molecule has 0 aromatic heterocycles. The monoisotopic (exact) mass is 418 g/mol. The summed E-state index contributed by atoms with van der Waals surface area (Å²) in [6.07, 6.45) is -1.10. The fourth-order valence-corrected chi connectivity index (χ4v) is 4.31. The SMILES string of the molecule is COC(=O)CCNC(=O)C1O[PH](O)(Oc2ccc([N+](=O)[O-])cc2)OCC1(C)C. The van der Waals surface area contributed by atoms with E-state index in [1.54, 1.807) is 13.8 Å². The molecule has 1 unspecified atom stereocenters. The summed E-state index contributed by atoms with van der Waals surface area (Å²) < 4.78 is 20.8. The quantitative estimate of drug-likeness (QED) is 0.291. The van der Waals surface area contributed by atoms with Crippen LogP contribution in [0.5, 0.6) is 5.75 Å². The molecule has 11 nitrogen and oxygen atoms in total. The van der Waals surface area contributed by atoms with E-state index >= 15 is 0 Å². The normalized spacial score (nSPS) is 21.2. The van der Waals surface area contributed by atoms with Crippen molar-refractivity contribution < 1.29 is 37.7 Å². The van der Waals surface area contributed by atoms with E-state index < -0.39 is 36.5 Å². The summed E-state index contributed by atoms with van der Waals surface area (Å²) in [7, 11) is -2.98. The molecule has 1 aromatic rings. The van der Waals surface area contributed by atoms with Gasteiger partial charge in [-0.25, -0.2) is 0 Å². The summed E-state index contributed by atoms with van der Waals surface area (Å²) in [5, 5.41) is 13.3. The minimum absolute atomic E-state index is 0.00706. The van der Waals surface area contributed by atoms with Crippen LogP contribution in [-0.4, -0.2) is 48.1 Å². The van der Waals surface area contributed by atoms with E-state index in [0.29, 0.717) is 0 Å². The third-order valence-electron chi connectivity index (χ3n) is 3.99. The van der Waals surface area contributed by atoms with Crippen LogP contribution in [0.3, 0.4) is 0 Å². The topological polar surface area (TPSA) is 146 Å². The first-order valence-electron chi connectivity index (χ1n) is 8.38. The molecule has 1 fully saturated rings.